The Labute approximate surface area is 319 Å². The summed E-state index contributed by atoms with van der Waals surface area (Å²) in [6, 6.07) is 0. The van der Waals surface area contributed by atoms with Gasteiger partial charge in [0, 0.05) is 12.5 Å². The minimum Gasteiger partial charge on any atom is -0.420 e. The predicted molar refractivity (Wildman–Crippen MR) is 185 cm³/mol. The maximum atomic E-state index is 13.5. The molecule has 19 heteroatoms. The number of carbonyl (C=O) groups is 1. The van der Waals surface area contributed by atoms with Gasteiger partial charge >= 0.3 is 5.97 Å². The molecule has 0 unspecified atom stereocenters. The molecule has 1 aromatic carbocycles. The smallest absolute Gasteiger partial charge is 0.313 e. The largest absolute Gasteiger partial charge is 0.420 e. The van der Waals surface area contributed by atoms with Crippen LogP contribution in [0.5, 0.6) is 5.75 Å². The summed E-state index contributed by atoms with van der Waals surface area (Å²) in [5.41, 5.74) is 0. The second kappa shape index (κ2) is 36.8. The number of alkyl halides is 1. The number of benzene rings is 1. The first-order valence-corrected chi connectivity index (χ1v) is 18.6. The third-order valence-corrected chi connectivity index (χ3v) is 7.00. The van der Waals surface area contributed by atoms with Gasteiger partial charge in [-0.15, -0.1) is 11.6 Å². The summed E-state index contributed by atoms with van der Waals surface area (Å²) in [6.07, 6.45) is 3.93. The summed E-state index contributed by atoms with van der Waals surface area (Å²) in [4.78, 5) is 11.7. The third-order valence-electron chi connectivity index (χ3n) is 6.73. The molecule has 0 amide bonds. The van der Waals surface area contributed by atoms with E-state index in [0.717, 1.165) is 38.2 Å². The Morgan fingerprint density at radius 1 is 0.352 bits per heavy atom. The van der Waals surface area contributed by atoms with Crippen molar-refractivity contribution in [1.29, 1.82) is 0 Å². The zero-order valence-electron chi connectivity index (χ0n) is 30.9. The van der Waals surface area contributed by atoms with Crippen molar-refractivity contribution in [2.45, 2.75) is 32.1 Å². The molecule has 0 saturated heterocycles. The van der Waals surface area contributed by atoms with Crippen molar-refractivity contribution in [3.05, 3.63) is 29.1 Å². The molecular weight excluding hydrogens is 759 g/mol. The van der Waals surface area contributed by atoms with Gasteiger partial charge in [0.2, 0.25) is 34.8 Å². The summed E-state index contributed by atoms with van der Waals surface area (Å²) in [5.74, 6) is -13.4. The molecule has 0 fully saturated rings. The maximum absolute atomic E-state index is 13.5. The zero-order valence-corrected chi connectivity index (χ0v) is 31.6. The molecule has 0 aliphatic heterocycles. The number of carbonyl (C=O) groups excluding carboxylic acids is 1. The Balaban J connectivity index is 1.71. The molecule has 0 radical (unpaired) electrons. The highest BCUT2D eigenvalue weighted by molar-refractivity contribution is 6.17. The summed E-state index contributed by atoms with van der Waals surface area (Å²) < 4.78 is 130. The van der Waals surface area contributed by atoms with Crippen LogP contribution in [-0.4, -0.2) is 157 Å². The van der Waals surface area contributed by atoms with Crippen LogP contribution in [-0.2, 0) is 56.9 Å². The van der Waals surface area contributed by atoms with E-state index in [9.17, 15) is 26.7 Å². The lowest BCUT2D eigenvalue weighted by atomic mass is 10.2. The molecule has 0 heterocycles. The first-order valence-electron chi connectivity index (χ1n) is 18.0. The first kappa shape index (κ1) is 50.2. The van der Waals surface area contributed by atoms with E-state index in [-0.39, 0.29) is 26.4 Å². The molecule has 0 spiro atoms. The Morgan fingerprint density at radius 2 is 0.611 bits per heavy atom. The number of hydrogen-bond acceptors (Lipinski definition) is 13. The first-order chi connectivity index (χ1) is 26.4. The summed E-state index contributed by atoms with van der Waals surface area (Å²) in [7, 11) is 0. The lowest BCUT2D eigenvalue weighted by Gasteiger charge is -2.09. The minimum atomic E-state index is -2.35. The lowest BCUT2D eigenvalue weighted by molar-refractivity contribution is -0.136. The topological polar surface area (TPSA) is 128 Å². The summed E-state index contributed by atoms with van der Waals surface area (Å²) in [6.45, 7) is 8.81. The highest BCUT2D eigenvalue weighted by Crippen LogP contribution is 2.29. The second-order valence-corrected chi connectivity index (χ2v) is 11.3. The van der Waals surface area contributed by atoms with Crippen LogP contribution in [0.1, 0.15) is 32.1 Å². The molecule has 13 nitrogen and oxygen atoms in total. The number of rotatable bonds is 40. The zero-order chi connectivity index (χ0) is 39.3. The summed E-state index contributed by atoms with van der Waals surface area (Å²) >= 11 is 5.64. The van der Waals surface area contributed by atoms with Crippen LogP contribution in [0.4, 0.5) is 22.0 Å². The normalized spacial score (nSPS) is 11.5. The third kappa shape index (κ3) is 27.7. The van der Waals surface area contributed by atoms with E-state index < -0.39 is 47.2 Å². The van der Waals surface area contributed by atoms with E-state index in [4.69, 9.17) is 63.7 Å². The molecule has 0 aliphatic carbocycles. The minimum absolute atomic E-state index is 0.0801. The Kier molecular flexibility index (Phi) is 34.2. The van der Waals surface area contributed by atoms with Gasteiger partial charge in [0.05, 0.1) is 145 Å². The highest BCUT2D eigenvalue weighted by atomic mass is 35.5. The highest BCUT2D eigenvalue weighted by Gasteiger charge is 2.28. The van der Waals surface area contributed by atoms with Crippen LogP contribution >= 0.6 is 11.6 Å². The van der Waals surface area contributed by atoms with Gasteiger partial charge in [0.15, 0.2) is 0 Å². The van der Waals surface area contributed by atoms with E-state index >= 15 is 0 Å². The Bertz CT molecular complexity index is 1020. The molecule has 1 rings (SSSR count). The molecule has 0 aliphatic rings. The van der Waals surface area contributed by atoms with Crippen molar-refractivity contribution < 1.29 is 83.6 Å². The van der Waals surface area contributed by atoms with Gasteiger partial charge in [0.25, 0.3) is 0 Å². The number of esters is 1. The fourth-order valence-corrected chi connectivity index (χ4v) is 4.14. The van der Waals surface area contributed by atoms with E-state index in [1.807, 2.05) is 0 Å². The maximum Gasteiger partial charge on any atom is 0.313 e. The Morgan fingerprint density at radius 3 is 0.926 bits per heavy atom. The van der Waals surface area contributed by atoms with E-state index in [0.29, 0.717) is 112 Å². The van der Waals surface area contributed by atoms with Crippen molar-refractivity contribution in [1.82, 2.24) is 0 Å². The van der Waals surface area contributed by atoms with Crippen molar-refractivity contribution in [3.63, 3.8) is 0 Å². The SMILES string of the molecule is O=C(CCOCCOCCOCCOCCOCCOCCOCCOCCOCCOCCOCCCCCCCl)Oc1c(F)c(F)c(F)c(F)c1F. The van der Waals surface area contributed by atoms with E-state index in [2.05, 4.69) is 4.74 Å². The molecule has 0 saturated carbocycles. The predicted octanol–water partition coefficient (Wildman–Crippen LogP) is 4.66. The van der Waals surface area contributed by atoms with Crippen molar-refractivity contribution in [2.75, 3.05) is 151 Å². The number of hydrogen-bond donors (Lipinski definition) is 0. The van der Waals surface area contributed by atoms with Crippen molar-refractivity contribution in [3.8, 4) is 5.75 Å². The van der Waals surface area contributed by atoms with Crippen LogP contribution < -0.4 is 4.74 Å². The van der Waals surface area contributed by atoms with E-state index in [1.54, 1.807) is 0 Å². The molecular formula is C35H56ClF5O13. The molecule has 0 bridgehead atoms. The second-order valence-electron chi connectivity index (χ2n) is 11.0. The van der Waals surface area contributed by atoms with E-state index in [1.165, 1.54) is 0 Å². The quantitative estimate of drug-likeness (QED) is 0.0174. The van der Waals surface area contributed by atoms with Crippen LogP contribution in [0.3, 0.4) is 0 Å². The molecule has 316 valence electrons. The van der Waals surface area contributed by atoms with Crippen molar-refractivity contribution in [2.24, 2.45) is 0 Å². The number of unbranched alkanes of at least 4 members (excludes halogenated alkanes) is 3. The van der Waals surface area contributed by atoms with Gasteiger partial charge in [-0.25, -0.2) is 13.2 Å². The average molecular weight is 815 g/mol. The van der Waals surface area contributed by atoms with Gasteiger partial charge in [-0.1, -0.05) is 12.8 Å². The van der Waals surface area contributed by atoms with Crippen LogP contribution in [0.25, 0.3) is 0 Å². The number of ether oxygens (including phenoxy) is 12. The monoisotopic (exact) mass is 814 g/mol. The molecule has 0 aromatic heterocycles. The van der Waals surface area contributed by atoms with Gasteiger partial charge in [-0.2, -0.15) is 8.78 Å². The number of halogens is 6. The van der Waals surface area contributed by atoms with Crippen molar-refractivity contribution >= 4 is 17.6 Å². The average Bonchev–Trinajstić information content (AvgIpc) is 3.17. The van der Waals surface area contributed by atoms with Crippen LogP contribution in [0.15, 0.2) is 0 Å². The molecule has 54 heavy (non-hydrogen) atoms. The van der Waals surface area contributed by atoms with Gasteiger partial charge in [-0.3, -0.25) is 4.79 Å². The molecule has 1 aromatic rings. The Hall–Kier alpha value is -1.81. The lowest BCUT2D eigenvalue weighted by Crippen LogP contribution is -2.16. The standard InChI is InChI=1S/C35H56ClF5O13/c36-6-3-1-2-4-7-43-9-11-45-13-15-47-17-19-49-21-23-51-25-27-53-28-26-52-24-22-50-20-18-48-16-14-46-12-10-44-8-5-29(42)54-35-33(40)31(38)30(37)32(39)34(35)41/h1-28H2. The fourth-order valence-electron chi connectivity index (χ4n) is 3.95. The van der Waals surface area contributed by atoms with Gasteiger partial charge < -0.3 is 56.8 Å². The van der Waals surface area contributed by atoms with Gasteiger partial charge in [0.1, 0.15) is 0 Å². The van der Waals surface area contributed by atoms with Crippen LogP contribution in [0.2, 0.25) is 0 Å². The van der Waals surface area contributed by atoms with Gasteiger partial charge in [-0.05, 0) is 12.8 Å². The fraction of sp³-hybridized carbons (Fsp3) is 0.800. The molecule has 0 N–H and O–H groups in total. The van der Waals surface area contributed by atoms with Crippen LogP contribution in [0, 0.1) is 29.1 Å². The molecule has 0 atom stereocenters. The summed E-state index contributed by atoms with van der Waals surface area (Å²) in [5, 5.41) is 0.